The molecule has 0 unspecified atom stereocenters. The Morgan fingerprint density at radius 3 is 2.70 bits per heavy atom. The van der Waals surface area contributed by atoms with E-state index in [1.165, 1.54) is 16.0 Å². The summed E-state index contributed by atoms with van der Waals surface area (Å²) in [6.45, 7) is 8.44. The van der Waals surface area contributed by atoms with Crippen molar-refractivity contribution in [3.8, 4) is 17.3 Å². The Labute approximate surface area is 124 Å². The fourth-order valence-corrected chi connectivity index (χ4v) is 4.13. The van der Waals surface area contributed by atoms with E-state index >= 15 is 0 Å². The molecule has 3 rings (SSSR count). The fourth-order valence-electron chi connectivity index (χ4n) is 2.77. The van der Waals surface area contributed by atoms with E-state index in [1.807, 2.05) is 13.8 Å². The lowest BCUT2D eigenvalue weighted by Crippen LogP contribution is -2.24. The van der Waals surface area contributed by atoms with Crippen molar-refractivity contribution in [2.45, 2.75) is 44.9 Å². The predicted molar refractivity (Wildman–Crippen MR) is 82.9 cm³/mol. The van der Waals surface area contributed by atoms with E-state index in [-0.39, 0.29) is 5.41 Å². The molecule has 1 aromatic heterocycles. The lowest BCUT2D eigenvalue weighted by atomic mass is 9.74. The van der Waals surface area contributed by atoms with Crippen LogP contribution in [0.3, 0.4) is 0 Å². The van der Waals surface area contributed by atoms with Gasteiger partial charge in [-0.05, 0) is 31.2 Å². The van der Waals surface area contributed by atoms with Crippen LogP contribution in [0.5, 0.6) is 0 Å². The van der Waals surface area contributed by atoms with E-state index in [9.17, 15) is 5.26 Å². The van der Waals surface area contributed by atoms with Crippen LogP contribution in [-0.4, -0.2) is 4.98 Å². The molecule has 0 bridgehead atoms. The third kappa shape index (κ3) is 1.87. The van der Waals surface area contributed by atoms with Crippen LogP contribution in [-0.2, 0) is 17.3 Å². The molecular formula is C17H18N2S. The Balaban J connectivity index is 2.23. The number of fused-ring (bicyclic) bond motifs is 3. The van der Waals surface area contributed by atoms with Crippen molar-refractivity contribution in [3.63, 3.8) is 0 Å². The van der Waals surface area contributed by atoms with Crippen molar-refractivity contribution >= 4 is 11.3 Å². The third-order valence-electron chi connectivity index (χ3n) is 4.03. The Morgan fingerprint density at radius 1 is 1.30 bits per heavy atom. The smallest absolute Gasteiger partial charge is 0.113 e. The zero-order chi connectivity index (χ0) is 14.5. The van der Waals surface area contributed by atoms with Crippen LogP contribution >= 0.6 is 11.3 Å². The van der Waals surface area contributed by atoms with Crippen LogP contribution in [0.25, 0.3) is 11.3 Å². The number of rotatable bonds is 1. The number of hydrogen-bond acceptors (Lipinski definition) is 3. The summed E-state index contributed by atoms with van der Waals surface area (Å²) < 4.78 is 0. The van der Waals surface area contributed by atoms with Gasteiger partial charge in [0, 0.05) is 10.4 Å². The first-order chi connectivity index (χ1) is 9.35. The van der Waals surface area contributed by atoms with Crippen molar-refractivity contribution in [2.24, 2.45) is 0 Å². The first-order valence-corrected chi connectivity index (χ1v) is 7.68. The van der Waals surface area contributed by atoms with Crippen molar-refractivity contribution in [1.82, 2.24) is 4.98 Å². The molecule has 0 fully saturated rings. The molecule has 1 aliphatic rings. The standard InChI is InChI=1S/C17H18N2S/c1-16(2)9-13-14(11-7-5-6-8-12(11)16)19-15(20-13)17(3,4)10-18/h5-8H,9H2,1-4H3. The lowest BCUT2D eigenvalue weighted by Gasteiger charge is -2.31. The maximum absolute atomic E-state index is 9.32. The number of nitrogens with zero attached hydrogens (tertiary/aromatic N) is 2. The zero-order valence-corrected chi connectivity index (χ0v) is 13.1. The van der Waals surface area contributed by atoms with Gasteiger partial charge in [0.05, 0.1) is 11.8 Å². The molecule has 3 heteroatoms. The number of hydrogen-bond donors (Lipinski definition) is 0. The molecule has 20 heavy (non-hydrogen) atoms. The fraction of sp³-hybridized carbons (Fsp3) is 0.412. The molecule has 0 saturated carbocycles. The van der Waals surface area contributed by atoms with E-state index in [4.69, 9.17) is 4.98 Å². The average Bonchev–Trinajstić information content (AvgIpc) is 2.83. The van der Waals surface area contributed by atoms with E-state index in [1.54, 1.807) is 11.3 Å². The van der Waals surface area contributed by atoms with Gasteiger partial charge < -0.3 is 0 Å². The summed E-state index contributed by atoms with van der Waals surface area (Å²) in [5.41, 5.74) is 3.29. The lowest BCUT2D eigenvalue weighted by molar-refractivity contribution is 0.521. The highest BCUT2D eigenvalue weighted by molar-refractivity contribution is 7.12. The summed E-state index contributed by atoms with van der Waals surface area (Å²) in [6.07, 6.45) is 0.999. The topological polar surface area (TPSA) is 36.7 Å². The minimum absolute atomic E-state index is 0.129. The Morgan fingerprint density at radius 2 is 2.00 bits per heavy atom. The van der Waals surface area contributed by atoms with Crippen LogP contribution in [0.4, 0.5) is 0 Å². The first kappa shape index (κ1) is 13.3. The molecule has 0 spiro atoms. The molecule has 0 N–H and O–H groups in total. The van der Waals surface area contributed by atoms with E-state index in [0.717, 1.165) is 17.1 Å². The van der Waals surface area contributed by atoms with Gasteiger partial charge in [0.25, 0.3) is 0 Å². The maximum atomic E-state index is 9.32. The molecule has 0 radical (unpaired) electrons. The van der Waals surface area contributed by atoms with Crippen LogP contribution in [0.1, 0.15) is 43.1 Å². The van der Waals surface area contributed by atoms with Crippen LogP contribution in [0.15, 0.2) is 24.3 Å². The summed E-state index contributed by atoms with van der Waals surface area (Å²) in [4.78, 5) is 6.11. The molecule has 1 aliphatic carbocycles. The van der Waals surface area contributed by atoms with Crippen LogP contribution < -0.4 is 0 Å². The van der Waals surface area contributed by atoms with Crippen LogP contribution in [0.2, 0.25) is 0 Å². The highest BCUT2D eigenvalue weighted by atomic mass is 32.1. The van der Waals surface area contributed by atoms with E-state index in [0.29, 0.717) is 0 Å². The van der Waals surface area contributed by atoms with E-state index in [2.05, 4.69) is 44.2 Å². The zero-order valence-electron chi connectivity index (χ0n) is 12.3. The van der Waals surface area contributed by atoms with Gasteiger partial charge in [-0.3, -0.25) is 0 Å². The number of aromatic nitrogens is 1. The Kier molecular flexibility index (Phi) is 2.78. The molecule has 0 atom stereocenters. The van der Waals surface area contributed by atoms with Gasteiger partial charge in [-0.1, -0.05) is 38.1 Å². The van der Waals surface area contributed by atoms with Gasteiger partial charge in [-0.15, -0.1) is 11.3 Å². The number of benzene rings is 1. The largest absolute Gasteiger partial charge is 0.239 e. The van der Waals surface area contributed by atoms with Gasteiger partial charge in [-0.25, -0.2) is 4.98 Å². The van der Waals surface area contributed by atoms with Crippen molar-refractivity contribution in [2.75, 3.05) is 0 Å². The molecular weight excluding hydrogens is 264 g/mol. The molecule has 0 aliphatic heterocycles. The SMILES string of the molecule is CC(C)(C#N)c1nc2c(s1)CC(C)(C)c1ccccc1-2. The van der Waals surface area contributed by atoms with Gasteiger partial charge in [0.1, 0.15) is 10.4 Å². The van der Waals surface area contributed by atoms with E-state index < -0.39 is 5.41 Å². The molecule has 0 saturated heterocycles. The molecule has 1 heterocycles. The summed E-state index contributed by atoms with van der Waals surface area (Å²) in [7, 11) is 0. The third-order valence-corrected chi connectivity index (χ3v) is 5.40. The minimum Gasteiger partial charge on any atom is -0.239 e. The highest BCUT2D eigenvalue weighted by Crippen LogP contribution is 2.46. The van der Waals surface area contributed by atoms with Crippen LogP contribution in [0, 0.1) is 11.3 Å². The molecule has 2 aromatic rings. The van der Waals surface area contributed by atoms with Gasteiger partial charge in [0.15, 0.2) is 0 Å². The molecule has 0 amide bonds. The summed E-state index contributed by atoms with van der Waals surface area (Å²) in [5.74, 6) is 0. The summed E-state index contributed by atoms with van der Waals surface area (Å²) in [6, 6.07) is 10.9. The minimum atomic E-state index is -0.513. The molecule has 102 valence electrons. The van der Waals surface area contributed by atoms with Crippen molar-refractivity contribution in [3.05, 3.63) is 39.7 Å². The van der Waals surface area contributed by atoms with Crippen molar-refractivity contribution < 1.29 is 0 Å². The molecule has 2 nitrogen and oxygen atoms in total. The normalized spacial score (nSPS) is 16.1. The van der Waals surface area contributed by atoms with Crippen molar-refractivity contribution in [1.29, 1.82) is 5.26 Å². The average molecular weight is 282 g/mol. The first-order valence-electron chi connectivity index (χ1n) is 6.86. The second kappa shape index (κ2) is 4.17. The van der Waals surface area contributed by atoms with Gasteiger partial charge in [0.2, 0.25) is 0 Å². The summed E-state index contributed by atoms with van der Waals surface area (Å²) in [5, 5.41) is 10.3. The predicted octanol–water partition coefficient (Wildman–Crippen LogP) is 4.44. The molecule has 1 aromatic carbocycles. The van der Waals surface area contributed by atoms with Gasteiger partial charge >= 0.3 is 0 Å². The second-order valence-electron chi connectivity index (χ2n) is 6.63. The number of thiazole rings is 1. The monoisotopic (exact) mass is 282 g/mol. The Bertz CT molecular complexity index is 717. The quantitative estimate of drug-likeness (QED) is 0.775. The second-order valence-corrected chi connectivity index (χ2v) is 7.72. The number of nitriles is 1. The maximum Gasteiger partial charge on any atom is 0.113 e. The highest BCUT2D eigenvalue weighted by Gasteiger charge is 2.35. The Hall–Kier alpha value is -1.66. The summed E-state index contributed by atoms with van der Waals surface area (Å²) >= 11 is 1.70. The van der Waals surface area contributed by atoms with Gasteiger partial charge in [-0.2, -0.15) is 5.26 Å².